The number of carbonyl (C=O) groups is 1. The van der Waals surface area contributed by atoms with E-state index >= 15 is 0 Å². The zero-order valence-electron chi connectivity index (χ0n) is 19.9. The number of aromatic nitrogens is 6. The number of nitrogens with zero attached hydrogens (tertiary/aromatic N) is 6. The molecule has 5 rings (SSSR count). The molecule has 0 fully saturated rings. The third-order valence-electron chi connectivity index (χ3n) is 5.91. The fraction of sp³-hybridized carbons (Fsp3) is 0.111. The van der Waals surface area contributed by atoms with Crippen molar-refractivity contribution in [1.29, 1.82) is 0 Å². The Morgan fingerprint density at radius 2 is 1.76 bits per heavy atom. The number of hydrogen-bond donors (Lipinski definition) is 1. The van der Waals surface area contributed by atoms with Crippen LogP contribution in [0.2, 0.25) is 10.2 Å². The molecule has 1 unspecified atom stereocenters. The molecular weight excluding hydrogens is 525 g/mol. The first-order chi connectivity index (χ1) is 18.5. The molecule has 0 aliphatic heterocycles. The Bertz CT molecular complexity index is 1620. The molecule has 3 aromatic heterocycles. The van der Waals surface area contributed by atoms with Crippen molar-refractivity contribution in [2.24, 2.45) is 0 Å². The van der Waals surface area contributed by atoms with Crippen LogP contribution in [-0.2, 0) is 17.8 Å². The Morgan fingerprint density at radius 3 is 2.47 bits per heavy atom. The van der Waals surface area contributed by atoms with E-state index in [1.165, 1.54) is 21.6 Å². The summed E-state index contributed by atoms with van der Waals surface area (Å²) in [4.78, 5) is 35.3. The highest BCUT2D eigenvalue weighted by molar-refractivity contribution is 6.31. The molecule has 1 N–H and O–H groups in total. The van der Waals surface area contributed by atoms with Gasteiger partial charge in [-0.05, 0) is 41.5 Å². The third-order valence-corrected chi connectivity index (χ3v) is 6.32. The number of carbonyl (C=O) groups excluding carboxylic acids is 1. The van der Waals surface area contributed by atoms with Crippen LogP contribution in [-0.4, -0.2) is 35.4 Å². The van der Waals surface area contributed by atoms with E-state index < -0.39 is 11.6 Å². The average molecular weight is 546 g/mol. The van der Waals surface area contributed by atoms with E-state index in [0.29, 0.717) is 34.9 Å². The Kier molecular flexibility index (Phi) is 7.57. The highest BCUT2D eigenvalue weighted by atomic mass is 35.5. The summed E-state index contributed by atoms with van der Waals surface area (Å²) in [6.45, 7) is 0.305. The smallest absolute Gasteiger partial charge is 0.254 e. The monoisotopic (exact) mass is 545 g/mol. The average Bonchev–Trinajstić information content (AvgIpc) is 3.37. The molecule has 1 amide bonds. The van der Waals surface area contributed by atoms with Gasteiger partial charge in [0, 0.05) is 42.0 Å². The molecule has 0 radical (unpaired) electrons. The largest absolute Gasteiger partial charge is 0.350 e. The van der Waals surface area contributed by atoms with Gasteiger partial charge in [0.05, 0.1) is 23.9 Å². The number of benzene rings is 2. The molecular formula is C27H21Cl2N7O2. The standard InChI is InChI=1S/C27H21Cl2N7O2/c28-20-6-7-23(36-16-25(29)33-34-36)21(13-20)22-14-26(37)35(17-32-22)24(12-18-4-2-1-3-5-18)27(38)31-15-19-8-10-30-11-9-19/h1-11,13-14,16-17,24H,12,15H2,(H,31,38). The van der Waals surface area contributed by atoms with Crippen LogP contribution < -0.4 is 10.9 Å². The normalized spacial score (nSPS) is 11.7. The maximum atomic E-state index is 13.4. The van der Waals surface area contributed by atoms with Gasteiger partial charge in [-0.3, -0.25) is 19.1 Å². The van der Waals surface area contributed by atoms with Crippen LogP contribution in [0, 0.1) is 0 Å². The lowest BCUT2D eigenvalue weighted by Gasteiger charge is -2.20. The lowest BCUT2D eigenvalue weighted by molar-refractivity contribution is -0.124. The van der Waals surface area contributed by atoms with Crippen molar-refractivity contribution in [1.82, 2.24) is 34.8 Å². The number of rotatable bonds is 8. The van der Waals surface area contributed by atoms with Crippen molar-refractivity contribution in [3.63, 3.8) is 0 Å². The number of nitrogens with one attached hydrogen (secondary N) is 1. The summed E-state index contributed by atoms with van der Waals surface area (Å²) >= 11 is 12.2. The fourth-order valence-electron chi connectivity index (χ4n) is 4.03. The Labute approximate surface area is 227 Å². The zero-order valence-corrected chi connectivity index (χ0v) is 21.4. The first-order valence-corrected chi connectivity index (χ1v) is 12.4. The van der Waals surface area contributed by atoms with E-state index in [0.717, 1.165) is 11.1 Å². The minimum atomic E-state index is -0.818. The number of pyridine rings is 1. The van der Waals surface area contributed by atoms with Gasteiger partial charge in [-0.25, -0.2) is 9.67 Å². The quantitative estimate of drug-likeness (QED) is 0.311. The van der Waals surface area contributed by atoms with Crippen molar-refractivity contribution < 1.29 is 4.79 Å². The van der Waals surface area contributed by atoms with E-state index in [-0.39, 0.29) is 11.1 Å². The van der Waals surface area contributed by atoms with E-state index in [2.05, 4.69) is 25.6 Å². The number of hydrogen-bond acceptors (Lipinski definition) is 6. The molecule has 0 saturated heterocycles. The maximum absolute atomic E-state index is 13.4. The first kappa shape index (κ1) is 25.3. The summed E-state index contributed by atoms with van der Waals surface area (Å²) in [5, 5.41) is 11.4. The lowest BCUT2D eigenvalue weighted by Crippen LogP contribution is -2.38. The van der Waals surface area contributed by atoms with Crippen LogP contribution >= 0.6 is 23.2 Å². The molecule has 11 heteroatoms. The van der Waals surface area contributed by atoms with Gasteiger partial charge in [-0.1, -0.05) is 58.7 Å². The van der Waals surface area contributed by atoms with E-state index in [4.69, 9.17) is 23.2 Å². The second-order valence-corrected chi connectivity index (χ2v) is 9.27. The van der Waals surface area contributed by atoms with E-state index in [9.17, 15) is 9.59 Å². The maximum Gasteiger partial charge on any atom is 0.254 e. The van der Waals surface area contributed by atoms with Gasteiger partial charge in [-0.2, -0.15) is 0 Å². The fourth-order valence-corrected chi connectivity index (χ4v) is 4.33. The third kappa shape index (κ3) is 5.80. The van der Waals surface area contributed by atoms with E-state index in [1.807, 2.05) is 42.5 Å². The van der Waals surface area contributed by atoms with Gasteiger partial charge >= 0.3 is 0 Å². The summed E-state index contributed by atoms with van der Waals surface area (Å²) < 4.78 is 2.82. The van der Waals surface area contributed by atoms with Crippen molar-refractivity contribution in [2.75, 3.05) is 0 Å². The molecule has 190 valence electrons. The van der Waals surface area contributed by atoms with Gasteiger partial charge in [-0.15, -0.1) is 5.10 Å². The predicted octanol–water partition coefficient (Wildman–Crippen LogP) is 4.29. The lowest BCUT2D eigenvalue weighted by atomic mass is 10.0. The number of halogens is 2. The van der Waals surface area contributed by atoms with Gasteiger partial charge < -0.3 is 5.32 Å². The molecule has 0 spiro atoms. The first-order valence-electron chi connectivity index (χ1n) is 11.6. The van der Waals surface area contributed by atoms with Crippen LogP contribution in [0.15, 0.2) is 96.4 Å². The summed E-state index contributed by atoms with van der Waals surface area (Å²) in [6, 6.07) is 18.8. The molecule has 0 bridgehead atoms. The molecule has 1 atom stereocenters. The van der Waals surface area contributed by atoms with Crippen LogP contribution in [0.4, 0.5) is 0 Å². The molecule has 5 aromatic rings. The summed E-state index contributed by atoms with van der Waals surface area (Å²) in [5.74, 6) is -0.303. The van der Waals surface area contributed by atoms with Gasteiger partial charge in [0.15, 0.2) is 5.15 Å². The predicted molar refractivity (Wildman–Crippen MR) is 144 cm³/mol. The summed E-state index contributed by atoms with van der Waals surface area (Å²) in [7, 11) is 0. The highest BCUT2D eigenvalue weighted by Crippen LogP contribution is 2.28. The van der Waals surface area contributed by atoms with E-state index in [1.54, 1.807) is 36.8 Å². The molecule has 0 aliphatic rings. The molecule has 0 aliphatic carbocycles. The van der Waals surface area contributed by atoms with Gasteiger partial charge in [0.1, 0.15) is 6.04 Å². The highest BCUT2D eigenvalue weighted by Gasteiger charge is 2.23. The van der Waals surface area contributed by atoms with Crippen LogP contribution in [0.3, 0.4) is 0 Å². The SMILES string of the molecule is O=C(NCc1ccncc1)C(Cc1ccccc1)n1cnc(-c2cc(Cl)ccc2-n2cc(Cl)nn2)cc1=O. The van der Waals surface area contributed by atoms with Crippen molar-refractivity contribution >= 4 is 29.1 Å². The second kappa shape index (κ2) is 11.4. The Balaban J connectivity index is 1.49. The van der Waals surface area contributed by atoms with Gasteiger partial charge in [0.2, 0.25) is 5.91 Å². The van der Waals surface area contributed by atoms with Crippen molar-refractivity contribution in [3.05, 3.63) is 123 Å². The van der Waals surface area contributed by atoms with Crippen molar-refractivity contribution in [2.45, 2.75) is 19.0 Å². The summed E-state index contributed by atoms with van der Waals surface area (Å²) in [6.07, 6.45) is 6.56. The second-order valence-electron chi connectivity index (χ2n) is 8.45. The summed E-state index contributed by atoms with van der Waals surface area (Å²) in [5.41, 5.74) is 2.94. The zero-order chi connectivity index (χ0) is 26.5. The minimum absolute atomic E-state index is 0.218. The van der Waals surface area contributed by atoms with Gasteiger partial charge in [0.25, 0.3) is 5.56 Å². The number of amides is 1. The Hall–Kier alpha value is -4.34. The Morgan fingerprint density at radius 1 is 0.974 bits per heavy atom. The molecule has 2 aromatic carbocycles. The molecule has 3 heterocycles. The molecule has 0 saturated carbocycles. The van der Waals surface area contributed by atoms with Crippen molar-refractivity contribution in [3.8, 4) is 16.9 Å². The molecule has 9 nitrogen and oxygen atoms in total. The van der Waals surface area contributed by atoms with Crippen LogP contribution in [0.25, 0.3) is 16.9 Å². The molecule has 38 heavy (non-hydrogen) atoms. The topological polar surface area (TPSA) is 108 Å². The van der Waals surface area contributed by atoms with Crippen LogP contribution in [0.5, 0.6) is 0 Å². The van der Waals surface area contributed by atoms with Crippen LogP contribution in [0.1, 0.15) is 17.2 Å². The minimum Gasteiger partial charge on any atom is -0.350 e.